The highest BCUT2D eigenvalue weighted by atomic mass is 35.5. The zero-order chi connectivity index (χ0) is 16.1. The van der Waals surface area contributed by atoms with Crippen LogP contribution in [-0.2, 0) is 6.42 Å². The summed E-state index contributed by atoms with van der Waals surface area (Å²) in [5.74, 6) is 0.161. The Labute approximate surface area is 139 Å². The van der Waals surface area contributed by atoms with Crippen molar-refractivity contribution in [1.29, 1.82) is 0 Å². The van der Waals surface area contributed by atoms with Gasteiger partial charge in [-0.2, -0.15) is 0 Å². The van der Waals surface area contributed by atoms with Crippen LogP contribution in [0.4, 0.5) is 0 Å². The smallest absolute Gasteiger partial charge is 0.273 e. The van der Waals surface area contributed by atoms with Crippen molar-refractivity contribution < 1.29 is 9.21 Å². The molecule has 3 rings (SSSR count). The minimum atomic E-state index is -0.260. The number of carbonyl (C=O) groups excluding carboxylic acids is 1. The molecule has 0 saturated heterocycles. The molecule has 0 bridgehead atoms. The fourth-order valence-electron chi connectivity index (χ4n) is 2.29. The summed E-state index contributed by atoms with van der Waals surface area (Å²) in [7, 11) is 0. The molecule has 2 aromatic carbocycles. The van der Waals surface area contributed by atoms with Gasteiger partial charge in [0.05, 0.1) is 0 Å². The summed E-state index contributed by atoms with van der Waals surface area (Å²) in [5, 5.41) is 3.44. The highest BCUT2D eigenvalue weighted by Crippen LogP contribution is 2.25. The van der Waals surface area contributed by atoms with E-state index in [9.17, 15) is 4.79 Å². The predicted octanol–water partition coefficient (Wildman–Crippen LogP) is 3.97. The molecular formula is C18H15ClN2O2. The van der Waals surface area contributed by atoms with Gasteiger partial charge in [-0.3, -0.25) is 4.79 Å². The van der Waals surface area contributed by atoms with Crippen LogP contribution in [0.15, 0.2) is 65.4 Å². The van der Waals surface area contributed by atoms with E-state index in [1.807, 2.05) is 36.4 Å². The van der Waals surface area contributed by atoms with Crippen LogP contribution in [0.3, 0.4) is 0 Å². The van der Waals surface area contributed by atoms with Gasteiger partial charge in [0.2, 0.25) is 0 Å². The molecule has 1 N–H and O–H groups in total. The monoisotopic (exact) mass is 326 g/mol. The van der Waals surface area contributed by atoms with Crippen LogP contribution < -0.4 is 5.32 Å². The van der Waals surface area contributed by atoms with Crippen molar-refractivity contribution in [2.45, 2.75) is 6.42 Å². The fourth-order valence-corrected chi connectivity index (χ4v) is 2.48. The standard InChI is InChI=1S/C18H15ClN2O2/c19-15-8-4-7-14(11-15)17-16(21-12-23-17)18(22)20-10-9-13-5-2-1-3-6-13/h1-8,11-12H,9-10H2,(H,20,22). The molecule has 0 spiro atoms. The molecule has 0 unspecified atom stereocenters. The maximum Gasteiger partial charge on any atom is 0.273 e. The molecule has 23 heavy (non-hydrogen) atoms. The van der Waals surface area contributed by atoms with Crippen LogP contribution in [0, 0.1) is 0 Å². The third-order valence-electron chi connectivity index (χ3n) is 3.41. The summed E-state index contributed by atoms with van der Waals surface area (Å²) >= 11 is 5.98. The topological polar surface area (TPSA) is 55.1 Å². The average Bonchev–Trinajstić information content (AvgIpc) is 3.05. The number of nitrogens with zero attached hydrogens (tertiary/aromatic N) is 1. The number of halogens is 1. The lowest BCUT2D eigenvalue weighted by molar-refractivity contribution is 0.0950. The van der Waals surface area contributed by atoms with Gasteiger partial charge in [0, 0.05) is 17.1 Å². The Morgan fingerprint density at radius 2 is 1.96 bits per heavy atom. The number of benzene rings is 2. The van der Waals surface area contributed by atoms with Crippen molar-refractivity contribution in [2.24, 2.45) is 0 Å². The van der Waals surface area contributed by atoms with Gasteiger partial charge in [0.1, 0.15) is 0 Å². The van der Waals surface area contributed by atoms with Gasteiger partial charge in [-0.1, -0.05) is 54.1 Å². The molecule has 0 aliphatic carbocycles. The molecule has 0 aliphatic rings. The molecule has 116 valence electrons. The van der Waals surface area contributed by atoms with Crippen LogP contribution in [0.1, 0.15) is 16.1 Å². The number of carbonyl (C=O) groups is 1. The second-order valence-electron chi connectivity index (χ2n) is 5.03. The van der Waals surface area contributed by atoms with E-state index >= 15 is 0 Å². The lowest BCUT2D eigenvalue weighted by Crippen LogP contribution is -2.26. The number of amides is 1. The molecular weight excluding hydrogens is 312 g/mol. The summed E-state index contributed by atoms with van der Waals surface area (Å²) < 4.78 is 5.36. The first-order valence-electron chi connectivity index (χ1n) is 7.25. The number of aromatic nitrogens is 1. The summed E-state index contributed by atoms with van der Waals surface area (Å²) in [4.78, 5) is 16.3. The van der Waals surface area contributed by atoms with Crippen LogP contribution >= 0.6 is 11.6 Å². The maximum atomic E-state index is 12.3. The Kier molecular flexibility index (Phi) is 4.74. The minimum Gasteiger partial charge on any atom is -0.443 e. The first-order chi connectivity index (χ1) is 11.2. The molecule has 0 atom stereocenters. The summed E-state index contributed by atoms with van der Waals surface area (Å²) in [6.45, 7) is 0.532. The first-order valence-corrected chi connectivity index (χ1v) is 7.63. The number of nitrogens with one attached hydrogen (secondary N) is 1. The van der Waals surface area contributed by atoms with Crippen LogP contribution in [-0.4, -0.2) is 17.4 Å². The molecule has 5 heteroatoms. The Hall–Kier alpha value is -2.59. The Balaban J connectivity index is 1.68. The van der Waals surface area contributed by atoms with Crippen LogP contribution in [0.2, 0.25) is 5.02 Å². The van der Waals surface area contributed by atoms with Gasteiger partial charge < -0.3 is 9.73 Å². The fraction of sp³-hybridized carbons (Fsp3) is 0.111. The van der Waals surface area contributed by atoms with E-state index in [-0.39, 0.29) is 11.6 Å². The molecule has 1 aromatic heterocycles. The van der Waals surface area contributed by atoms with Crippen molar-refractivity contribution in [2.75, 3.05) is 6.54 Å². The zero-order valence-electron chi connectivity index (χ0n) is 12.3. The zero-order valence-corrected chi connectivity index (χ0v) is 13.1. The van der Waals surface area contributed by atoms with E-state index in [1.54, 1.807) is 18.2 Å². The molecule has 0 saturated carbocycles. The molecule has 0 aliphatic heterocycles. The maximum absolute atomic E-state index is 12.3. The minimum absolute atomic E-state index is 0.260. The van der Waals surface area contributed by atoms with Crippen molar-refractivity contribution in [3.05, 3.63) is 77.3 Å². The summed E-state index contributed by atoms with van der Waals surface area (Å²) in [5.41, 5.74) is 2.16. The summed E-state index contributed by atoms with van der Waals surface area (Å²) in [6, 6.07) is 17.1. The van der Waals surface area contributed by atoms with Gasteiger partial charge in [-0.05, 0) is 24.1 Å². The lowest BCUT2D eigenvalue weighted by atomic mass is 10.1. The summed E-state index contributed by atoms with van der Waals surface area (Å²) in [6.07, 6.45) is 2.03. The van der Waals surface area contributed by atoms with E-state index < -0.39 is 0 Å². The van der Waals surface area contributed by atoms with Gasteiger partial charge >= 0.3 is 0 Å². The van der Waals surface area contributed by atoms with Crippen molar-refractivity contribution >= 4 is 17.5 Å². The molecule has 3 aromatic rings. The van der Waals surface area contributed by atoms with Crippen molar-refractivity contribution in [3.8, 4) is 11.3 Å². The molecule has 4 nitrogen and oxygen atoms in total. The highest BCUT2D eigenvalue weighted by Gasteiger charge is 2.18. The number of oxazole rings is 1. The predicted molar refractivity (Wildman–Crippen MR) is 89.4 cm³/mol. The van der Waals surface area contributed by atoms with E-state index in [0.717, 1.165) is 12.0 Å². The van der Waals surface area contributed by atoms with Crippen molar-refractivity contribution in [1.82, 2.24) is 10.3 Å². The molecule has 0 radical (unpaired) electrons. The SMILES string of the molecule is O=C(NCCc1ccccc1)c1ncoc1-c1cccc(Cl)c1. The quantitative estimate of drug-likeness (QED) is 0.772. The average molecular weight is 327 g/mol. The van der Waals surface area contributed by atoms with Crippen molar-refractivity contribution in [3.63, 3.8) is 0 Å². The first kappa shape index (κ1) is 15.3. The molecule has 1 heterocycles. The highest BCUT2D eigenvalue weighted by molar-refractivity contribution is 6.30. The van der Waals surface area contributed by atoms with Gasteiger partial charge in [0.15, 0.2) is 17.8 Å². The second kappa shape index (κ2) is 7.11. The Morgan fingerprint density at radius 3 is 2.74 bits per heavy atom. The Morgan fingerprint density at radius 1 is 1.13 bits per heavy atom. The molecule has 0 fully saturated rings. The lowest BCUT2D eigenvalue weighted by Gasteiger charge is -2.05. The van der Waals surface area contributed by atoms with Gasteiger partial charge in [-0.15, -0.1) is 0 Å². The largest absolute Gasteiger partial charge is 0.443 e. The van der Waals surface area contributed by atoms with Gasteiger partial charge in [0.25, 0.3) is 5.91 Å². The third kappa shape index (κ3) is 3.79. The third-order valence-corrected chi connectivity index (χ3v) is 3.65. The van der Waals surface area contributed by atoms with Crippen LogP contribution in [0.5, 0.6) is 0 Å². The number of hydrogen-bond donors (Lipinski definition) is 1. The van der Waals surface area contributed by atoms with Crippen LogP contribution in [0.25, 0.3) is 11.3 Å². The second-order valence-corrected chi connectivity index (χ2v) is 5.47. The van der Waals surface area contributed by atoms with Gasteiger partial charge in [-0.25, -0.2) is 4.98 Å². The van der Waals surface area contributed by atoms with E-state index in [0.29, 0.717) is 17.3 Å². The number of hydrogen-bond acceptors (Lipinski definition) is 3. The molecule has 1 amide bonds. The normalized spacial score (nSPS) is 10.5. The van der Waals surface area contributed by atoms with E-state index in [1.165, 1.54) is 12.0 Å². The van der Waals surface area contributed by atoms with E-state index in [2.05, 4.69) is 10.3 Å². The Bertz CT molecular complexity index is 800. The van der Waals surface area contributed by atoms with E-state index in [4.69, 9.17) is 16.0 Å². The number of rotatable bonds is 5.